The lowest BCUT2D eigenvalue weighted by Gasteiger charge is -2.06. The first-order chi connectivity index (χ1) is 9.04. The van der Waals surface area contributed by atoms with Crippen LogP contribution in [0, 0.1) is 12.7 Å². The van der Waals surface area contributed by atoms with E-state index in [1.165, 1.54) is 12.1 Å². The van der Waals surface area contributed by atoms with Gasteiger partial charge in [0.2, 0.25) is 5.91 Å². The van der Waals surface area contributed by atoms with Gasteiger partial charge in [-0.1, -0.05) is 23.7 Å². The van der Waals surface area contributed by atoms with Crippen molar-refractivity contribution in [1.29, 1.82) is 0 Å². The maximum Gasteiger partial charge on any atom is 0.230 e. The Kier molecular flexibility index (Phi) is 4.12. The number of nitrogens with zero attached hydrogens (tertiary/aromatic N) is 1. The van der Waals surface area contributed by atoms with E-state index in [1.54, 1.807) is 18.3 Å². The number of rotatable bonds is 3. The summed E-state index contributed by atoms with van der Waals surface area (Å²) in [4.78, 5) is 15.8. The molecule has 5 heteroatoms. The Hall–Kier alpha value is -1.94. The first kappa shape index (κ1) is 13.5. The normalized spacial score (nSPS) is 10.3. The third-order valence-corrected chi connectivity index (χ3v) is 2.78. The molecule has 0 saturated carbocycles. The van der Waals surface area contributed by atoms with Crippen LogP contribution in [0.15, 0.2) is 36.5 Å². The minimum Gasteiger partial charge on any atom is -0.310 e. The smallest absolute Gasteiger partial charge is 0.230 e. The molecule has 1 aromatic heterocycles. The Labute approximate surface area is 115 Å². The van der Waals surface area contributed by atoms with Crippen LogP contribution in [0.2, 0.25) is 5.02 Å². The predicted octanol–water partition coefficient (Wildman–Crippen LogP) is 3.36. The van der Waals surface area contributed by atoms with Gasteiger partial charge in [-0.25, -0.2) is 9.37 Å². The van der Waals surface area contributed by atoms with E-state index in [9.17, 15) is 9.18 Å². The Bertz CT molecular complexity index is 599. The van der Waals surface area contributed by atoms with E-state index >= 15 is 0 Å². The van der Waals surface area contributed by atoms with Crippen LogP contribution >= 0.6 is 11.6 Å². The summed E-state index contributed by atoms with van der Waals surface area (Å²) in [5.41, 5.74) is 1.30. The maximum absolute atomic E-state index is 13.5. The molecule has 1 heterocycles. The predicted molar refractivity (Wildman–Crippen MR) is 72.7 cm³/mol. The molecule has 1 N–H and O–H groups in total. The van der Waals surface area contributed by atoms with Crippen molar-refractivity contribution < 1.29 is 9.18 Å². The topological polar surface area (TPSA) is 42.0 Å². The first-order valence-corrected chi connectivity index (χ1v) is 6.09. The number of halogens is 2. The lowest BCUT2D eigenvalue weighted by Crippen LogP contribution is -2.16. The van der Waals surface area contributed by atoms with E-state index in [1.807, 2.05) is 13.0 Å². The number of hydrogen-bond donors (Lipinski definition) is 1. The van der Waals surface area contributed by atoms with Gasteiger partial charge in [0.25, 0.3) is 0 Å². The molecule has 1 aromatic carbocycles. The van der Waals surface area contributed by atoms with Gasteiger partial charge in [0, 0.05) is 11.2 Å². The van der Waals surface area contributed by atoms with Crippen molar-refractivity contribution in [2.24, 2.45) is 0 Å². The van der Waals surface area contributed by atoms with Crippen LogP contribution < -0.4 is 5.32 Å². The lowest BCUT2D eigenvalue weighted by molar-refractivity contribution is -0.115. The minimum atomic E-state index is -0.487. The Morgan fingerprint density at radius 1 is 1.37 bits per heavy atom. The third kappa shape index (κ3) is 3.76. The highest BCUT2D eigenvalue weighted by molar-refractivity contribution is 6.30. The van der Waals surface area contributed by atoms with E-state index in [0.717, 1.165) is 5.56 Å². The van der Waals surface area contributed by atoms with E-state index in [-0.39, 0.29) is 12.3 Å². The van der Waals surface area contributed by atoms with E-state index in [2.05, 4.69) is 10.3 Å². The molecular formula is C14H12ClFN2O. The SMILES string of the molecule is Cc1ccc(NC(=O)Cc2ccc(Cl)cc2F)nc1. The number of aromatic nitrogens is 1. The van der Waals surface area contributed by atoms with E-state index in [0.29, 0.717) is 16.4 Å². The van der Waals surface area contributed by atoms with Crippen LogP contribution in [0.1, 0.15) is 11.1 Å². The van der Waals surface area contributed by atoms with Gasteiger partial charge in [0.15, 0.2) is 0 Å². The quantitative estimate of drug-likeness (QED) is 0.935. The summed E-state index contributed by atoms with van der Waals surface area (Å²) in [6.07, 6.45) is 1.59. The molecule has 0 aliphatic rings. The largest absolute Gasteiger partial charge is 0.310 e. The summed E-state index contributed by atoms with van der Waals surface area (Å²) < 4.78 is 13.5. The fourth-order valence-electron chi connectivity index (χ4n) is 1.57. The zero-order valence-electron chi connectivity index (χ0n) is 10.3. The Morgan fingerprint density at radius 2 is 2.16 bits per heavy atom. The zero-order chi connectivity index (χ0) is 13.8. The average Bonchev–Trinajstić information content (AvgIpc) is 2.36. The molecule has 0 saturated heterocycles. The fourth-order valence-corrected chi connectivity index (χ4v) is 1.73. The van der Waals surface area contributed by atoms with Gasteiger partial charge in [0.1, 0.15) is 11.6 Å². The van der Waals surface area contributed by atoms with Gasteiger partial charge in [-0.05, 0) is 36.2 Å². The van der Waals surface area contributed by atoms with Crippen LogP contribution in [0.5, 0.6) is 0 Å². The number of carbonyl (C=O) groups is 1. The van der Waals surface area contributed by atoms with Crippen molar-refractivity contribution in [3.05, 3.63) is 58.5 Å². The van der Waals surface area contributed by atoms with Gasteiger partial charge < -0.3 is 5.32 Å². The van der Waals surface area contributed by atoms with Gasteiger partial charge in [-0.2, -0.15) is 0 Å². The van der Waals surface area contributed by atoms with Crippen molar-refractivity contribution in [2.75, 3.05) is 5.32 Å². The minimum absolute atomic E-state index is 0.0570. The number of carbonyl (C=O) groups excluding carboxylic acids is 1. The maximum atomic E-state index is 13.5. The summed E-state index contributed by atoms with van der Waals surface area (Å²) in [5, 5.41) is 2.92. The highest BCUT2D eigenvalue weighted by Gasteiger charge is 2.09. The third-order valence-electron chi connectivity index (χ3n) is 2.54. The summed E-state index contributed by atoms with van der Waals surface area (Å²) in [6.45, 7) is 1.90. The summed E-state index contributed by atoms with van der Waals surface area (Å²) >= 11 is 5.65. The number of pyridine rings is 1. The van der Waals surface area contributed by atoms with E-state index < -0.39 is 5.82 Å². The monoisotopic (exact) mass is 278 g/mol. The second-order valence-corrected chi connectivity index (χ2v) is 4.62. The number of benzene rings is 1. The van der Waals surface area contributed by atoms with Crippen molar-refractivity contribution in [1.82, 2.24) is 4.98 Å². The number of anilines is 1. The fraction of sp³-hybridized carbons (Fsp3) is 0.143. The summed E-state index contributed by atoms with van der Waals surface area (Å²) in [7, 11) is 0. The molecule has 0 aliphatic heterocycles. The number of amides is 1. The zero-order valence-corrected chi connectivity index (χ0v) is 11.0. The van der Waals surface area contributed by atoms with E-state index in [4.69, 9.17) is 11.6 Å². The van der Waals surface area contributed by atoms with Crippen molar-refractivity contribution in [2.45, 2.75) is 13.3 Å². The standard InChI is InChI=1S/C14H12ClFN2O/c1-9-2-5-13(17-8-9)18-14(19)6-10-3-4-11(15)7-12(10)16/h2-5,7-8H,6H2,1H3,(H,17,18,19). The molecule has 3 nitrogen and oxygen atoms in total. The van der Waals surface area contributed by atoms with Crippen molar-refractivity contribution >= 4 is 23.3 Å². The summed E-state index contributed by atoms with van der Waals surface area (Å²) in [6, 6.07) is 7.78. The lowest BCUT2D eigenvalue weighted by atomic mass is 10.1. The molecule has 0 spiro atoms. The molecule has 1 amide bonds. The number of aryl methyl sites for hydroxylation is 1. The molecule has 2 aromatic rings. The van der Waals surface area contributed by atoms with Gasteiger partial charge in [0.05, 0.1) is 6.42 Å². The number of hydrogen-bond acceptors (Lipinski definition) is 2. The summed E-state index contributed by atoms with van der Waals surface area (Å²) in [5.74, 6) is -0.359. The molecule has 0 atom stereocenters. The average molecular weight is 279 g/mol. The van der Waals surface area contributed by atoms with Crippen LogP contribution in [-0.2, 0) is 11.2 Å². The van der Waals surface area contributed by atoms with Crippen molar-refractivity contribution in [3.8, 4) is 0 Å². The molecule has 2 rings (SSSR count). The van der Waals surface area contributed by atoms with Gasteiger partial charge in [-0.3, -0.25) is 4.79 Å². The van der Waals surface area contributed by atoms with Crippen molar-refractivity contribution in [3.63, 3.8) is 0 Å². The second kappa shape index (κ2) is 5.80. The van der Waals surface area contributed by atoms with Crippen LogP contribution in [-0.4, -0.2) is 10.9 Å². The molecule has 0 fully saturated rings. The molecule has 0 aliphatic carbocycles. The Morgan fingerprint density at radius 3 is 2.79 bits per heavy atom. The second-order valence-electron chi connectivity index (χ2n) is 4.18. The molecule has 0 radical (unpaired) electrons. The highest BCUT2D eigenvalue weighted by Crippen LogP contribution is 2.15. The first-order valence-electron chi connectivity index (χ1n) is 5.71. The number of nitrogens with one attached hydrogen (secondary N) is 1. The molecule has 0 unspecified atom stereocenters. The molecule has 98 valence electrons. The van der Waals surface area contributed by atoms with Gasteiger partial charge in [-0.15, -0.1) is 0 Å². The highest BCUT2D eigenvalue weighted by atomic mass is 35.5. The van der Waals surface area contributed by atoms with Gasteiger partial charge >= 0.3 is 0 Å². The molecule has 0 bridgehead atoms. The van der Waals surface area contributed by atoms with Crippen LogP contribution in [0.25, 0.3) is 0 Å². The Balaban J connectivity index is 2.03. The van der Waals surface area contributed by atoms with Crippen LogP contribution in [0.4, 0.5) is 10.2 Å². The van der Waals surface area contributed by atoms with Crippen LogP contribution in [0.3, 0.4) is 0 Å². The molecule has 19 heavy (non-hydrogen) atoms. The molecular weight excluding hydrogens is 267 g/mol.